The van der Waals surface area contributed by atoms with E-state index in [4.69, 9.17) is 4.42 Å². The van der Waals surface area contributed by atoms with Crippen LogP contribution in [-0.4, -0.2) is 53.1 Å². The number of aryl methyl sites for hydroxylation is 1. The van der Waals surface area contributed by atoms with E-state index in [9.17, 15) is 4.79 Å². The molecule has 0 fully saturated rings. The van der Waals surface area contributed by atoms with Crippen molar-refractivity contribution in [3.63, 3.8) is 0 Å². The number of aromatic nitrogens is 2. The number of rotatable bonds is 9. The Hall–Kier alpha value is -2.51. The summed E-state index contributed by atoms with van der Waals surface area (Å²) in [5, 5.41) is 12.1. The van der Waals surface area contributed by atoms with Gasteiger partial charge in [0.2, 0.25) is 17.7 Å². The molecule has 0 radical (unpaired) electrons. The van der Waals surface area contributed by atoms with Crippen LogP contribution in [-0.2, 0) is 17.8 Å². The zero-order chi connectivity index (χ0) is 19.1. The van der Waals surface area contributed by atoms with E-state index in [1.54, 1.807) is 11.3 Å². The summed E-state index contributed by atoms with van der Waals surface area (Å²) in [4.78, 5) is 16.8. The lowest BCUT2D eigenvalue weighted by Crippen LogP contribution is -2.36. The molecule has 0 saturated carbocycles. The summed E-state index contributed by atoms with van der Waals surface area (Å²) in [5.41, 5.74) is 2.05. The summed E-state index contributed by atoms with van der Waals surface area (Å²) in [5.74, 6) is 1.10. The van der Waals surface area contributed by atoms with Crippen LogP contribution in [0.4, 0.5) is 0 Å². The molecule has 2 heterocycles. The molecule has 27 heavy (non-hydrogen) atoms. The highest BCUT2D eigenvalue weighted by atomic mass is 32.1. The molecule has 142 valence electrons. The third kappa shape index (κ3) is 5.74. The number of benzene rings is 1. The lowest BCUT2D eigenvalue weighted by molar-refractivity contribution is -0.132. The second kappa shape index (κ2) is 9.43. The maximum Gasteiger partial charge on any atom is 0.248 e. The van der Waals surface area contributed by atoms with E-state index in [1.807, 2.05) is 66.2 Å². The molecule has 0 aliphatic heterocycles. The third-order valence-corrected chi connectivity index (χ3v) is 4.86. The highest BCUT2D eigenvalue weighted by molar-refractivity contribution is 7.08. The van der Waals surface area contributed by atoms with Crippen molar-refractivity contribution in [2.75, 3.05) is 27.2 Å². The van der Waals surface area contributed by atoms with Crippen LogP contribution in [0.1, 0.15) is 17.9 Å². The molecule has 0 atom stereocenters. The van der Waals surface area contributed by atoms with Crippen LogP contribution in [0.3, 0.4) is 0 Å². The summed E-state index contributed by atoms with van der Waals surface area (Å²) in [6.07, 6.45) is 0.800. The first kappa shape index (κ1) is 19.3. The van der Waals surface area contributed by atoms with Crippen molar-refractivity contribution in [2.24, 2.45) is 0 Å². The van der Waals surface area contributed by atoms with Crippen molar-refractivity contribution in [3.8, 4) is 11.5 Å². The average Bonchev–Trinajstić information content (AvgIpc) is 3.35. The second-order valence-electron chi connectivity index (χ2n) is 6.62. The molecule has 0 spiro atoms. The molecule has 1 amide bonds. The number of carbonyl (C=O) groups is 1. The maximum absolute atomic E-state index is 12.8. The van der Waals surface area contributed by atoms with Gasteiger partial charge in [-0.15, -0.1) is 10.2 Å². The van der Waals surface area contributed by atoms with E-state index in [1.165, 1.54) is 0 Å². The summed E-state index contributed by atoms with van der Waals surface area (Å²) >= 11 is 1.58. The number of nitrogens with zero attached hydrogens (tertiary/aromatic N) is 4. The van der Waals surface area contributed by atoms with Crippen molar-refractivity contribution in [3.05, 3.63) is 58.6 Å². The molecule has 2 aromatic heterocycles. The number of hydrogen-bond donors (Lipinski definition) is 0. The van der Waals surface area contributed by atoms with Crippen LogP contribution < -0.4 is 0 Å². The number of thiophene rings is 1. The topological polar surface area (TPSA) is 62.5 Å². The highest BCUT2D eigenvalue weighted by Crippen LogP contribution is 2.21. The lowest BCUT2D eigenvalue weighted by Gasteiger charge is -2.24. The normalized spacial score (nSPS) is 11.1. The molecule has 0 aliphatic carbocycles. The van der Waals surface area contributed by atoms with Crippen LogP contribution >= 0.6 is 11.3 Å². The van der Waals surface area contributed by atoms with Crippen LogP contribution in [0.15, 0.2) is 51.6 Å². The Morgan fingerprint density at radius 2 is 1.93 bits per heavy atom. The van der Waals surface area contributed by atoms with Crippen molar-refractivity contribution in [2.45, 2.75) is 19.4 Å². The van der Waals surface area contributed by atoms with Gasteiger partial charge in [-0.1, -0.05) is 30.3 Å². The van der Waals surface area contributed by atoms with E-state index in [0.717, 1.165) is 17.7 Å². The van der Waals surface area contributed by atoms with Gasteiger partial charge in [0.1, 0.15) is 0 Å². The monoisotopic (exact) mass is 384 g/mol. The van der Waals surface area contributed by atoms with Gasteiger partial charge >= 0.3 is 0 Å². The van der Waals surface area contributed by atoms with E-state index < -0.39 is 0 Å². The molecular formula is C20H24N4O2S. The first-order chi connectivity index (χ1) is 13.1. The van der Waals surface area contributed by atoms with Gasteiger partial charge in [-0.25, -0.2) is 0 Å². The molecule has 3 aromatic rings. The third-order valence-electron chi connectivity index (χ3n) is 4.17. The minimum absolute atomic E-state index is 0.0935. The maximum atomic E-state index is 12.8. The van der Waals surface area contributed by atoms with Gasteiger partial charge < -0.3 is 14.2 Å². The molecule has 0 aliphatic rings. The van der Waals surface area contributed by atoms with E-state index >= 15 is 0 Å². The molecule has 3 rings (SSSR count). The Kier molecular flexibility index (Phi) is 6.73. The first-order valence-corrected chi connectivity index (χ1v) is 9.87. The van der Waals surface area contributed by atoms with Gasteiger partial charge in [-0.05, 0) is 31.1 Å². The summed E-state index contributed by atoms with van der Waals surface area (Å²) in [6.45, 7) is 2.11. The van der Waals surface area contributed by atoms with Crippen LogP contribution in [0.2, 0.25) is 0 Å². The van der Waals surface area contributed by atoms with E-state index in [2.05, 4.69) is 15.1 Å². The zero-order valence-corrected chi connectivity index (χ0v) is 16.5. The summed E-state index contributed by atoms with van der Waals surface area (Å²) < 4.78 is 5.68. The number of hydrogen-bond acceptors (Lipinski definition) is 6. The SMILES string of the molecule is CN(C)CCN(Cc1ccccc1)C(=O)CCc1nnc(-c2ccsc2)o1. The largest absolute Gasteiger partial charge is 0.421 e. The van der Waals surface area contributed by atoms with Gasteiger partial charge in [-0.2, -0.15) is 11.3 Å². The fourth-order valence-corrected chi connectivity index (χ4v) is 3.28. The predicted octanol–water partition coefficient (Wildman–Crippen LogP) is 3.32. The predicted molar refractivity (Wildman–Crippen MR) is 106 cm³/mol. The lowest BCUT2D eigenvalue weighted by atomic mass is 10.2. The molecule has 7 heteroatoms. The average molecular weight is 385 g/mol. The van der Waals surface area contributed by atoms with Crippen molar-refractivity contribution in [1.82, 2.24) is 20.0 Å². The van der Waals surface area contributed by atoms with E-state index in [0.29, 0.717) is 37.7 Å². The fraction of sp³-hybridized carbons (Fsp3) is 0.350. The first-order valence-electron chi connectivity index (χ1n) is 8.93. The fourth-order valence-electron chi connectivity index (χ4n) is 2.65. The molecule has 0 unspecified atom stereocenters. The van der Waals surface area contributed by atoms with Crippen LogP contribution in [0.25, 0.3) is 11.5 Å². The standard InChI is InChI=1S/C20H24N4O2S/c1-23(2)11-12-24(14-16-6-4-3-5-7-16)19(25)9-8-18-21-22-20(26-18)17-10-13-27-15-17/h3-7,10,13,15H,8-9,11-12,14H2,1-2H3. The Morgan fingerprint density at radius 1 is 1.11 bits per heavy atom. The Balaban J connectivity index is 1.59. The molecule has 1 aromatic carbocycles. The van der Waals surface area contributed by atoms with Crippen molar-refractivity contribution < 1.29 is 9.21 Å². The summed E-state index contributed by atoms with van der Waals surface area (Å²) in [6, 6.07) is 12.0. The van der Waals surface area contributed by atoms with Crippen molar-refractivity contribution >= 4 is 17.2 Å². The molecule has 0 N–H and O–H groups in total. The summed E-state index contributed by atoms with van der Waals surface area (Å²) in [7, 11) is 4.02. The van der Waals surface area contributed by atoms with Gasteiger partial charge in [0, 0.05) is 43.4 Å². The van der Waals surface area contributed by atoms with Gasteiger partial charge in [-0.3, -0.25) is 4.79 Å². The number of likely N-dealkylation sites (N-methyl/N-ethyl adjacent to an activating group) is 1. The Bertz CT molecular complexity index is 831. The van der Waals surface area contributed by atoms with Crippen molar-refractivity contribution in [1.29, 1.82) is 0 Å². The van der Waals surface area contributed by atoms with Gasteiger partial charge in [0.05, 0.1) is 0 Å². The second-order valence-corrected chi connectivity index (χ2v) is 7.40. The highest BCUT2D eigenvalue weighted by Gasteiger charge is 2.16. The van der Waals surface area contributed by atoms with Crippen LogP contribution in [0, 0.1) is 0 Å². The number of amides is 1. The Labute approximate surface area is 163 Å². The quantitative estimate of drug-likeness (QED) is 0.566. The molecule has 6 nitrogen and oxygen atoms in total. The van der Waals surface area contributed by atoms with Crippen LogP contribution in [0.5, 0.6) is 0 Å². The molecule has 0 bridgehead atoms. The molecular weight excluding hydrogens is 360 g/mol. The Morgan fingerprint density at radius 3 is 2.63 bits per heavy atom. The van der Waals surface area contributed by atoms with Gasteiger partial charge in [0.15, 0.2) is 0 Å². The minimum Gasteiger partial charge on any atom is -0.421 e. The van der Waals surface area contributed by atoms with Gasteiger partial charge in [0.25, 0.3) is 0 Å². The molecule has 0 saturated heterocycles. The number of carbonyl (C=O) groups excluding carboxylic acids is 1. The minimum atomic E-state index is 0.0935. The van der Waals surface area contributed by atoms with E-state index in [-0.39, 0.29) is 5.91 Å². The zero-order valence-electron chi connectivity index (χ0n) is 15.7. The smallest absolute Gasteiger partial charge is 0.248 e.